The van der Waals surface area contributed by atoms with Crippen LogP contribution in [0.2, 0.25) is 0 Å². The maximum Gasteiger partial charge on any atom is 0.338 e. The van der Waals surface area contributed by atoms with E-state index in [1.54, 1.807) is 11.8 Å². The summed E-state index contributed by atoms with van der Waals surface area (Å²) in [6.07, 6.45) is 0. The highest BCUT2D eigenvalue weighted by Crippen LogP contribution is 2.22. The smallest absolute Gasteiger partial charge is 0.338 e. The molecule has 0 aliphatic heterocycles. The first-order chi connectivity index (χ1) is 7.17. The predicted octanol–water partition coefficient (Wildman–Crippen LogP) is 3.58. The lowest BCUT2D eigenvalue weighted by molar-refractivity contribution is 0.0526. The third-order valence-corrected chi connectivity index (χ3v) is 3.17. The van der Waals surface area contributed by atoms with Crippen molar-refractivity contribution in [3.63, 3.8) is 0 Å². The second kappa shape index (κ2) is 6.37. The second-order valence-electron chi connectivity index (χ2n) is 2.83. The Hall–Kier alpha value is -0.230. The summed E-state index contributed by atoms with van der Waals surface area (Å²) in [5, 5.41) is 0. The first-order valence-corrected chi connectivity index (χ1v) is 6.84. The van der Waals surface area contributed by atoms with Crippen LogP contribution in [-0.4, -0.2) is 18.3 Å². The first kappa shape index (κ1) is 12.8. The molecule has 0 aromatic heterocycles. The standard InChI is InChI=1S/C11H13IO2S/c1-3-14-11(13)8-5-9(12)7-10(6-8)15-4-2/h5-7H,3-4H2,1-2H3. The number of ether oxygens (including phenoxy) is 1. The molecule has 1 aromatic rings. The topological polar surface area (TPSA) is 26.3 Å². The Labute approximate surface area is 108 Å². The molecule has 0 heterocycles. The van der Waals surface area contributed by atoms with Crippen molar-refractivity contribution in [1.82, 2.24) is 0 Å². The van der Waals surface area contributed by atoms with Crippen molar-refractivity contribution in [2.45, 2.75) is 18.7 Å². The number of esters is 1. The van der Waals surface area contributed by atoms with Gasteiger partial charge in [-0.15, -0.1) is 11.8 Å². The van der Waals surface area contributed by atoms with E-state index in [0.29, 0.717) is 12.2 Å². The Bertz CT molecular complexity index is 352. The number of halogens is 1. The van der Waals surface area contributed by atoms with Gasteiger partial charge in [0.15, 0.2) is 0 Å². The van der Waals surface area contributed by atoms with Crippen LogP contribution in [0.5, 0.6) is 0 Å². The van der Waals surface area contributed by atoms with E-state index >= 15 is 0 Å². The lowest BCUT2D eigenvalue weighted by Crippen LogP contribution is -2.04. The summed E-state index contributed by atoms with van der Waals surface area (Å²) < 4.78 is 6.03. The van der Waals surface area contributed by atoms with Crippen LogP contribution in [0.4, 0.5) is 0 Å². The molecule has 0 amide bonds. The fraction of sp³-hybridized carbons (Fsp3) is 0.364. The van der Waals surface area contributed by atoms with Crippen molar-refractivity contribution >= 4 is 40.3 Å². The van der Waals surface area contributed by atoms with Crippen molar-refractivity contribution in [1.29, 1.82) is 0 Å². The van der Waals surface area contributed by atoms with Gasteiger partial charge in [-0.3, -0.25) is 0 Å². The molecule has 0 aliphatic carbocycles. The highest BCUT2D eigenvalue weighted by Gasteiger charge is 2.08. The van der Waals surface area contributed by atoms with Crippen LogP contribution in [0.15, 0.2) is 23.1 Å². The largest absolute Gasteiger partial charge is 0.462 e. The summed E-state index contributed by atoms with van der Waals surface area (Å²) in [6, 6.07) is 5.80. The van der Waals surface area contributed by atoms with Crippen LogP contribution < -0.4 is 0 Å². The van der Waals surface area contributed by atoms with Gasteiger partial charge in [0.1, 0.15) is 0 Å². The Kier molecular flexibility index (Phi) is 5.45. The van der Waals surface area contributed by atoms with Crippen LogP contribution in [0.3, 0.4) is 0 Å². The predicted molar refractivity (Wildman–Crippen MR) is 71.5 cm³/mol. The normalized spacial score (nSPS) is 10.1. The van der Waals surface area contributed by atoms with Crippen LogP contribution >= 0.6 is 34.4 Å². The minimum atomic E-state index is -0.242. The van der Waals surface area contributed by atoms with E-state index in [4.69, 9.17) is 4.74 Å². The summed E-state index contributed by atoms with van der Waals surface area (Å²) in [4.78, 5) is 12.6. The van der Waals surface area contributed by atoms with Gasteiger partial charge in [0.25, 0.3) is 0 Å². The van der Waals surface area contributed by atoms with E-state index in [1.807, 2.05) is 19.1 Å². The van der Waals surface area contributed by atoms with Crippen molar-refractivity contribution in [2.24, 2.45) is 0 Å². The molecule has 0 saturated heterocycles. The summed E-state index contributed by atoms with van der Waals surface area (Å²) in [6.45, 7) is 4.32. The van der Waals surface area contributed by atoms with E-state index in [9.17, 15) is 4.79 Å². The van der Waals surface area contributed by atoms with Gasteiger partial charge in [0.05, 0.1) is 12.2 Å². The zero-order valence-corrected chi connectivity index (χ0v) is 11.7. The molecule has 1 rings (SSSR count). The lowest BCUT2D eigenvalue weighted by atomic mass is 10.2. The Morgan fingerprint density at radius 3 is 2.73 bits per heavy atom. The molecule has 0 aliphatic rings. The summed E-state index contributed by atoms with van der Waals surface area (Å²) in [5.74, 6) is 0.761. The zero-order valence-electron chi connectivity index (χ0n) is 8.75. The molecule has 0 radical (unpaired) electrons. The number of thioether (sulfide) groups is 1. The summed E-state index contributed by atoms with van der Waals surface area (Å²) in [5.41, 5.74) is 0.639. The number of carbonyl (C=O) groups excluding carboxylic acids is 1. The minimum absolute atomic E-state index is 0.242. The van der Waals surface area contributed by atoms with Crippen molar-refractivity contribution in [3.8, 4) is 0 Å². The number of carbonyl (C=O) groups is 1. The highest BCUT2D eigenvalue weighted by molar-refractivity contribution is 14.1. The third-order valence-electron chi connectivity index (χ3n) is 1.69. The fourth-order valence-corrected chi connectivity index (χ4v) is 2.78. The molecule has 82 valence electrons. The monoisotopic (exact) mass is 336 g/mol. The van der Waals surface area contributed by atoms with Gasteiger partial charge in [0, 0.05) is 8.47 Å². The number of rotatable bonds is 4. The maximum atomic E-state index is 11.5. The average molecular weight is 336 g/mol. The molecule has 2 nitrogen and oxygen atoms in total. The van der Waals surface area contributed by atoms with Gasteiger partial charge in [-0.25, -0.2) is 4.79 Å². The SMILES string of the molecule is CCOC(=O)c1cc(I)cc(SCC)c1. The first-order valence-electron chi connectivity index (χ1n) is 4.77. The molecule has 0 unspecified atom stereocenters. The van der Waals surface area contributed by atoms with E-state index in [-0.39, 0.29) is 5.97 Å². The molecule has 0 spiro atoms. The Morgan fingerprint density at radius 2 is 2.13 bits per heavy atom. The molecule has 0 fully saturated rings. The van der Waals surface area contributed by atoms with Gasteiger partial charge >= 0.3 is 5.97 Å². The molecular weight excluding hydrogens is 323 g/mol. The number of hydrogen-bond acceptors (Lipinski definition) is 3. The van der Waals surface area contributed by atoms with Crippen molar-refractivity contribution < 1.29 is 9.53 Å². The molecule has 0 saturated carbocycles. The van der Waals surface area contributed by atoms with Crippen molar-refractivity contribution in [3.05, 3.63) is 27.3 Å². The second-order valence-corrected chi connectivity index (χ2v) is 5.41. The van der Waals surface area contributed by atoms with E-state index < -0.39 is 0 Å². The van der Waals surface area contributed by atoms with Gasteiger partial charge in [0.2, 0.25) is 0 Å². The number of hydrogen-bond donors (Lipinski definition) is 0. The van der Waals surface area contributed by atoms with Crippen LogP contribution in [-0.2, 0) is 4.74 Å². The van der Waals surface area contributed by atoms with Gasteiger partial charge in [-0.2, -0.15) is 0 Å². The van der Waals surface area contributed by atoms with Gasteiger partial charge < -0.3 is 4.74 Å². The lowest BCUT2D eigenvalue weighted by Gasteiger charge is -2.05. The zero-order chi connectivity index (χ0) is 11.3. The van der Waals surface area contributed by atoms with Gasteiger partial charge in [-0.05, 0) is 53.5 Å². The fourth-order valence-electron chi connectivity index (χ4n) is 1.14. The molecule has 15 heavy (non-hydrogen) atoms. The maximum absolute atomic E-state index is 11.5. The summed E-state index contributed by atoms with van der Waals surface area (Å²) in [7, 11) is 0. The molecule has 0 atom stereocenters. The molecular formula is C11H13IO2S. The van der Waals surface area contributed by atoms with E-state index in [1.165, 1.54) is 0 Å². The highest BCUT2D eigenvalue weighted by atomic mass is 127. The minimum Gasteiger partial charge on any atom is -0.462 e. The molecule has 1 aromatic carbocycles. The van der Waals surface area contributed by atoms with Gasteiger partial charge in [-0.1, -0.05) is 6.92 Å². The quantitative estimate of drug-likeness (QED) is 0.478. The third kappa shape index (κ3) is 4.03. The Balaban J connectivity index is 2.92. The molecule has 4 heteroatoms. The Morgan fingerprint density at radius 1 is 1.40 bits per heavy atom. The van der Waals surface area contributed by atoms with Crippen LogP contribution in [0, 0.1) is 3.57 Å². The van der Waals surface area contributed by atoms with Crippen molar-refractivity contribution in [2.75, 3.05) is 12.4 Å². The van der Waals surface area contributed by atoms with E-state index in [0.717, 1.165) is 14.2 Å². The summed E-state index contributed by atoms with van der Waals surface area (Å²) >= 11 is 3.94. The average Bonchev–Trinajstić information content (AvgIpc) is 2.17. The van der Waals surface area contributed by atoms with E-state index in [2.05, 4.69) is 35.6 Å². The van der Waals surface area contributed by atoms with Crippen LogP contribution in [0.1, 0.15) is 24.2 Å². The molecule has 0 bridgehead atoms. The number of benzene rings is 1. The van der Waals surface area contributed by atoms with Crippen LogP contribution in [0.25, 0.3) is 0 Å². The molecule has 0 N–H and O–H groups in total.